The Hall–Kier alpha value is -1.65. The average molecular weight is 316 g/mol. The predicted octanol–water partition coefficient (Wildman–Crippen LogP) is 4.89. The molecule has 0 bridgehead atoms. The summed E-state index contributed by atoms with van der Waals surface area (Å²) in [5.41, 5.74) is 2.39. The van der Waals surface area contributed by atoms with Gasteiger partial charge < -0.3 is 5.32 Å². The van der Waals surface area contributed by atoms with Crippen molar-refractivity contribution in [2.24, 2.45) is 0 Å². The van der Waals surface area contributed by atoms with Crippen molar-refractivity contribution in [3.8, 4) is 0 Å². The highest BCUT2D eigenvalue weighted by atomic mass is 35.5. The number of hydrogen-bond acceptors (Lipinski definition) is 4. The highest BCUT2D eigenvalue weighted by molar-refractivity contribution is 7.19. The zero-order valence-electron chi connectivity index (χ0n) is 11.6. The average Bonchev–Trinajstić information content (AvgIpc) is 2.98. The number of benzene rings is 1. The summed E-state index contributed by atoms with van der Waals surface area (Å²) in [6, 6.07) is 7.73. The fourth-order valence-electron chi connectivity index (χ4n) is 2.90. The molecule has 0 saturated carbocycles. The molecule has 106 valence electrons. The highest BCUT2D eigenvalue weighted by Gasteiger charge is 2.21. The molecule has 1 aliphatic rings. The summed E-state index contributed by atoms with van der Waals surface area (Å²) in [6.07, 6.45) is 3.54. The van der Waals surface area contributed by atoms with Gasteiger partial charge in [-0.05, 0) is 49.9 Å². The Morgan fingerprint density at radius 1 is 1.24 bits per heavy atom. The van der Waals surface area contributed by atoms with Gasteiger partial charge in [0.2, 0.25) is 0 Å². The van der Waals surface area contributed by atoms with E-state index in [1.807, 2.05) is 42.5 Å². The molecular weight excluding hydrogens is 302 g/mol. The topological polar surface area (TPSA) is 37.8 Å². The van der Waals surface area contributed by atoms with Gasteiger partial charge >= 0.3 is 0 Å². The van der Waals surface area contributed by atoms with Crippen LogP contribution in [-0.2, 0) is 12.8 Å². The standard InChI is InChI=1S/C16H14ClN3S/c1-9-18-15(20-11-5-2-4-10(17)8-11)14-12-6-3-7-13(12)21-16(14)19-9/h2,4-5,8H,3,6-7H2,1H3,(H,18,19,20). The van der Waals surface area contributed by atoms with Crippen molar-refractivity contribution in [3.63, 3.8) is 0 Å². The Balaban J connectivity index is 1.87. The summed E-state index contributed by atoms with van der Waals surface area (Å²) in [5.74, 6) is 1.70. The molecule has 2 heterocycles. The van der Waals surface area contributed by atoms with Crippen LogP contribution >= 0.6 is 22.9 Å². The van der Waals surface area contributed by atoms with Crippen molar-refractivity contribution in [2.45, 2.75) is 26.2 Å². The van der Waals surface area contributed by atoms with Gasteiger partial charge in [-0.1, -0.05) is 17.7 Å². The van der Waals surface area contributed by atoms with E-state index in [-0.39, 0.29) is 0 Å². The second kappa shape index (κ2) is 4.97. The molecule has 0 radical (unpaired) electrons. The van der Waals surface area contributed by atoms with E-state index in [1.54, 1.807) is 0 Å². The Morgan fingerprint density at radius 2 is 2.14 bits per heavy atom. The Bertz CT molecular complexity index is 841. The van der Waals surface area contributed by atoms with Crippen LogP contribution in [0.25, 0.3) is 10.2 Å². The fourth-order valence-corrected chi connectivity index (χ4v) is 4.39. The second-order valence-corrected chi connectivity index (χ2v) is 6.81. The van der Waals surface area contributed by atoms with Crippen LogP contribution in [0.1, 0.15) is 22.7 Å². The molecule has 0 spiro atoms. The molecule has 1 N–H and O–H groups in total. The largest absolute Gasteiger partial charge is 0.340 e. The first-order chi connectivity index (χ1) is 10.2. The van der Waals surface area contributed by atoms with Crippen molar-refractivity contribution >= 4 is 44.7 Å². The lowest BCUT2D eigenvalue weighted by Gasteiger charge is -2.09. The molecule has 5 heteroatoms. The summed E-state index contributed by atoms with van der Waals surface area (Å²) < 4.78 is 0. The molecule has 0 amide bonds. The van der Waals surface area contributed by atoms with Crippen molar-refractivity contribution in [3.05, 3.63) is 45.6 Å². The third kappa shape index (κ3) is 2.28. The van der Waals surface area contributed by atoms with Crippen molar-refractivity contribution < 1.29 is 0 Å². The minimum Gasteiger partial charge on any atom is -0.340 e. The van der Waals surface area contributed by atoms with E-state index in [0.29, 0.717) is 0 Å². The fraction of sp³-hybridized carbons (Fsp3) is 0.250. The van der Waals surface area contributed by atoms with Gasteiger partial charge in [0.15, 0.2) is 0 Å². The summed E-state index contributed by atoms with van der Waals surface area (Å²) in [6.45, 7) is 1.94. The van der Waals surface area contributed by atoms with Gasteiger partial charge in [-0.3, -0.25) is 0 Å². The maximum atomic E-state index is 6.06. The minimum absolute atomic E-state index is 0.720. The van der Waals surface area contributed by atoms with Gasteiger partial charge in [0, 0.05) is 15.6 Å². The molecule has 21 heavy (non-hydrogen) atoms. The third-order valence-electron chi connectivity index (χ3n) is 3.76. The van der Waals surface area contributed by atoms with Crippen LogP contribution in [0.4, 0.5) is 11.5 Å². The number of hydrogen-bond donors (Lipinski definition) is 1. The number of halogens is 1. The van der Waals surface area contributed by atoms with Crippen LogP contribution in [-0.4, -0.2) is 9.97 Å². The van der Waals surface area contributed by atoms with Gasteiger partial charge in [-0.25, -0.2) is 9.97 Å². The number of nitrogens with zero attached hydrogens (tertiary/aromatic N) is 2. The quantitative estimate of drug-likeness (QED) is 0.732. The van der Waals surface area contributed by atoms with Crippen LogP contribution in [0.2, 0.25) is 5.02 Å². The number of aromatic nitrogens is 2. The Kier molecular flexibility index (Phi) is 3.08. The zero-order chi connectivity index (χ0) is 14.4. The third-order valence-corrected chi connectivity index (χ3v) is 5.18. The Morgan fingerprint density at radius 3 is 3.00 bits per heavy atom. The van der Waals surface area contributed by atoms with Gasteiger partial charge in [0.1, 0.15) is 16.5 Å². The molecule has 0 atom stereocenters. The molecule has 0 saturated heterocycles. The second-order valence-electron chi connectivity index (χ2n) is 5.29. The molecule has 1 aromatic carbocycles. The lowest BCUT2D eigenvalue weighted by atomic mass is 10.2. The molecule has 4 rings (SSSR count). The zero-order valence-corrected chi connectivity index (χ0v) is 13.2. The number of anilines is 2. The van der Waals surface area contributed by atoms with Gasteiger partial charge in [0.25, 0.3) is 0 Å². The van der Waals surface area contributed by atoms with E-state index in [1.165, 1.54) is 28.7 Å². The van der Waals surface area contributed by atoms with Crippen LogP contribution in [0, 0.1) is 6.92 Å². The number of rotatable bonds is 2. The molecule has 2 aromatic heterocycles. The van der Waals surface area contributed by atoms with Crippen molar-refractivity contribution in [2.75, 3.05) is 5.32 Å². The van der Waals surface area contributed by atoms with Crippen LogP contribution in [0.5, 0.6) is 0 Å². The number of fused-ring (bicyclic) bond motifs is 3. The highest BCUT2D eigenvalue weighted by Crippen LogP contribution is 2.40. The summed E-state index contributed by atoms with van der Waals surface area (Å²) >= 11 is 7.87. The summed E-state index contributed by atoms with van der Waals surface area (Å²) in [4.78, 5) is 11.8. The van der Waals surface area contributed by atoms with Crippen molar-refractivity contribution in [1.29, 1.82) is 0 Å². The smallest absolute Gasteiger partial charge is 0.143 e. The van der Waals surface area contributed by atoms with E-state index in [0.717, 1.165) is 33.6 Å². The van der Waals surface area contributed by atoms with E-state index in [9.17, 15) is 0 Å². The lowest BCUT2D eigenvalue weighted by Crippen LogP contribution is -1.98. The molecule has 1 aliphatic carbocycles. The van der Waals surface area contributed by atoms with Crippen molar-refractivity contribution in [1.82, 2.24) is 9.97 Å². The van der Waals surface area contributed by atoms with Gasteiger partial charge in [-0.15, -0.1) is 11.3 Å². The Labute approximate surface area is 132 Å². The van der Waals surface area contributed by atoms with E-state index in [4.69, 9.17) is 11.6 Å². The van der Waals surface area contributed by atoms with Crippen LogP contribution in [0.15, 0.2) is 24.3 Å². The summed E-state index contributed by atoms with van der Waals surface area (Å²) in [5, 5.41) is 5.33. The molecule has 0 unspecified atom stereocenters. The molecule has 3 nitrogen and oxygen atoms in total. The SMILES string of the molecule is Cc1nc(Nc2cccc(Cl)c2)c2c3c(sc2n1)CCC3. The monoisotopic (exact) mass is 315 g/mol. The molecular formula is C16H14ClN3S. The maximum absolute atomic E-state index is 6.06. The first-order valence-corrected chi connectivity index (χ1v) is 8.21. The van der Waals surface area contributed by atoms with Crippen LogP contribution < -0.4 is 5.32 Å². The van der Waals surface area contributed by atoms with Crippen LogP contribution in [0.3, 0.4) is 0 Å². The normalized spacial score (nSPS) is 13.6. The van der Waals surface area contributed by atoms with E-state index >= 15 is 0 Å². The lowest BCUT2D eigenvalue weighted by molar-refractivity contribution is 0.917. The first kappa shape index (κ1) is 13.0. The number of aryl methyl sites for hydroxylation is 3. The number of nitrogens with one attached hydrogen (secondary N) is 1. The minimum atomic E-state index is 0.720. The first-order valence-electron chi connectivity index (χ1n) is 7.02. The van der Waals surface area contributed by atoms with Gasteiger partial charge in [-0.2, -0.15) is 0 Å². The van der Waals surface area contributed by atoms with E-state index < -0.39 is 0 Å². The van der Waals surface area contributed by atoms with Gasteiger partial charge in [0.05, 0.1) is 5.39 Å². The molecule has 0 aliphatic heterocycles. The molecule has 0 fully saturated rings. The molecule has 3 aromatic rings. The van der Waals surface area contributed by atoms with E-state index in [2.05, 4.69) is 15.3 Å². The maximum Gasteiger partial charge on any atom is 0.143 e. The predicted molar refractivity (Wildman–Crippen MR) is 88.9 cm³/mol. The summed E-state index contributed by atoms with van der Waals surface area (Å²) in [7, 11) is 0. The number of thiophene rings is 1.